The molecular weight excluding hydrogens is 417 g/mol. The van der Waals surface area contributed by atoms with Crippen LogP contribution in [-0.2, 0) is 14.8 Å². The van der Waals surface area contributed by atoms with Crippen LogP contribution in [0.2, 0.25) is 0 Å². The SMILES string of the molecule is COC1CN(c2cccc(F)c2)C12CCN(S(=O)(=O)c1cccc3cccnc13)CC2. The van der Waals surface area contributed by atoms with Crippen molar-refractivity contribution in [1.29, 1.82) is 0 Å². The van der Waals surface area contributed by atoms with Crippen molar-refractivity contribution in [2.24, 2.45) is 0 Å². The Kier molecular flexibility index (Phi) is 4.96. The molecular formula is C23H24FN3O3S. The van der Waals surface area contributed by atoms with E-state index >= 15 is 0 Å². The van der Waals surface area contributed by atoms with Gasteiger partial charge in [0.2, 0.25) is 10.0 Å². The fourth-order valence-electron chi connectivity index (χ4n) is 5.01. The van der Waals surface area contributed by atoms with Crippen LogP contribution < -0.4 is 4.90 Å². The molecule has 3 heterocycles. The molecule has 1 aromatic heterocycles. The molecule has 31 heavy (non-hydrogen) atoms. The number of fused-ring (bicyclic) bond motifs is 1. The number of benzene rings is 2. The molecule has 0 amide bonds. The molecule has 1 atom stereocenters. The van der Waals surface area contributed by atoms with Gasteiger partial charge in [-0.25, -0.2) is 12.8 Å². The summed E-state index contributed by atoms with van der Waals surface area (Å²) < 4.78 is 48.0. The minimum atomic E-state index is -3.68. The van der Waals surface area contributed by atoms with Crippen LogP contribution in [0.1, 0.15) is 12.8 Å². The number of anilines is 1. The first-order chi connectivity index (χ1) is 15.0. The number of sulfonamides is 1. The van der Waals surface area contributed by atoms with Crippen LogP contribution in [0.3, 0.4) is 0 Å². The monoisotopic (exact) mass is 441 g/mol. The van der Waals surface area contributed by atoms with Gasteiger partial charge in [-0.05, 0) is 43.2 Å². The van der Waals surface area contributed by atoms with Gasteiger partial charge in [-0.1, -0.05) is 24.3 Å². The molecule has 0 saturated carbocycles. The Hall–Kier alpha value is -2.55. The molecule has 162 valence electrons. The highest BCUT2D eigenvalue weighted by atomic mass is 32.2. The number of hydrogen-bond acceptors (Lipinski definition) is 5. The summed E-state index contributed by atoms with van der Waals surface area (Å²) in [6.07, 6.45) is 2.82. The molecule has 8 heteroatoms. The third-order valence-corrected chi connectivity index (χ3v) is 8.62. The van der Waals surface area contributed by atoms with Crippen LogP contribution >= 0.6 is 0 Å². The van der Waals surface area contributed by atoms with E-state index in [-0.39, 0.29) is 22.4 Å². The van der Waals surface area contributed by atoms with Crippen molar-refractivity contribution in [3.05, 3.63) is 66.6 Å². The summed E-state index contributed by atoms with van der Waals surface area (Å²) in [7, 11) is -2.00. The number of rotatable bonds is 4. The van der Waals surface area contributed by atoms with Crippen LogP contribution in [0.25, 0.3) is 10.9 Å². The van der Waals surface area contributed by atoms with Crippen molar-refractivity contribution >= 4 is 26.6 Å². The van der Waals surface area contributed by atoms with E-state index in [2.05, 4.69) is 9.88 Å². The number of piperidine rings is 1. The maximum absolute atomic E-state index is 13.8. The molecule has 1 unspecified atom stereocenters. The lowest BCUT2D eigenvalue weighted by atomic mass is 9.73. The van der Waals surface area contributed by atoms with E-state index in [1.54, 1.807) is 37.6 Å². The second-order valence-electron chi connectivity index (χ2n) is 8.15. The number of nitrogens with zero attached hydrogens (tertiary/aromatic N) is 3. The van der Waals surface area contributed by atoms with E-state index in [1.165, 1.54) is 16.4 Å². The van der Waals surface area contributed by atoms with Crippen LogP contribution in [-0.4, -0.2) is 56.1 Å². The normalized spacial score (nSPS) is 21.4. The molecule has 2 fully saturated rings. The number of para-hydroxylation sites is 1. The summed E-state index contributed by atoms with van der Waals surface area (Å²) in [4.78, 5) is 6.71. The Bertz CT molecular complexity index is 1220. The lowest BCUT2D eigenvalue weighted by Gasteiger charge is -2.61. The van der Waals surface area contributed by atoms with Gasteiger partial charge in [-0.2, -0.15) is 4.31 Å². The molecule has 6 nitrogen and oxygen atoms in total. The Morgan fingerprint density at radius 1 is 1.10 bits per heavy atom. The van der Waals surface area contributed by atoms with Gasteiger partial charge in [0.1, 0.15) is 10.7 Å². The summed E-state index contributed by atoms with van der Waals surface area (Å²) in [5.41, 5.74) is 0.971. The van der Waals surface area contributed by atoms with Crippen LogP contribution in [0.4, 0.5) is 10.1 Å². The molecule has 0 N–H and O–H groups in total. The lowest BCUT2D eigenvalue weighted by molar-refractivity contribution is -0.0383. The predicted octanol–water partition coefficient (Wildman–Crippen LogP) is 3.43. The van der Waals surface area contributed by atoms with Crippen molar-refractivity contribution in [2.75, 3.05) is 31.6 Å². The van der Waals surface area contributed by atoms with Gasteiger partial charge in [0.15, 0.2) is 0 Å². The molecule has 0 aliphatic carbocycles. The summed E-state index contributed by atoms with van der Waals surface area (Å²) >= 11 is 0. The van der Waals surface area contributed by atoms with E-state index in [4.69, 9.17) is 4.74 Å². The zero-order chi connectivity index (χ0) is 21.6. The molecule has 2 aromatic carbocycles. The second-order valence-corrected chi connectivity index (χ2v) is 10.1. The fraction of sp³-hybridized carbons (Fsp3) is 0.348. The number of halogens is 1. The first-order valence-electron chi connectivity index (χ1n) is 10.4. The highest BCUT2D eigenvalue weighted by Crippen LogP contribution is 2.45. The molecule has 2 aliphatic heterocycles. The fourth-order valence-corrected chi connectivity index (χ4v) is 6.62. The Balaban J connectivity index is 1.42. The first kappa shape index (κ1) is 20.4. The maximum Gasteiger partial charge on any atom is 0.245 e. The second kappa shape index (κ2) is 7.55. The van der Waals surface area contributed by atoms with Crippen molar-refractivity contribution < 1.29 is 17.5 Å². The van der Waals surface area contributed by atoms with Gasteiger partial charge in [-0.3, -0.25) is 4.98 Å². The van der Waals surface area contributed by atoms with Gasteiger partial charge in [-0.15, -0.1) is 0 Å². The number of methoxy groups -OCH3 is 1. The molecule has 2 aliphatic rings. The smallest absolute Gasteiger partial charge is 0.245 e. The molecule has 5 rings (SSSR count). The number of pyridine rings is 1. The Morgan fingerprint density at radius 2 is 1.84 bits per heavy atom. The molecule has 0 bridgehead atoms. The van der Waals surface area contributed by atoms with Gasteiger partial charge >= 0.3 is 0 Å². The quantitative estimate of drug-likeness (QED) is 0.621. The minimum absolute atomic E-state index is 0.0140. The van der Waals surface area contributed by atoms with Gasteiger partial charge in [0.05, 0.1) is 17.2 Å². The van der Waals surface area contributed by atoms with Gasteiger partial charge < -0.3 is 9.64 Å². The third-order valence-electron chi connectivity index (χ3n) is 6.69. The molecule has 3 aromatic rings. The van der Waals surface area contributed by atoms with Crippen molar-refractivity contribution in [3.8, 4) is 0 Å². The van der Waals surface area contributed by atoms with Crippen LogP contribution in [0.5, 0.6) is 0 Å². The largest absolute Gasteiger partial charge is 0.377 e. The average Bonchev–Trinajstić information content (AvgIpc) is 2.78. The van der Waals surface area contributed by atoms with Crippen molar-refractivity contribution in [3.63, 3.8) is 0 Å². The average molecular weight is 442 g/mol. The zero-order valence-electron chi connectivity index (χ0n) is 17.2. The summed E-state index contributed by atoms with van der Waals surface area (Å²) in [5.74, 6) is -0.281. The lowest BCUT2D eigenvalue weighted by Crippen LogP contribution is -2.74. The minimum Gasteiger partial charge on any atom is -0.377 e. The highest BCUT2D eigenvalue weighted by molar-refractivity contribution is 7.89. The number of aromatic nitrogens is 1. The zero-order valence-corrected chi connectivity index (χ0v) is 18.1. The van der Waals surface area contributed by atoms with E-state index < -0.39 is 10.0 Å². The standard InChI is InChI=1S/C23H24FN3O3S/c1-30-21-16-27(19-8-3-7-18(24)15-19)23(21)10-13-26(14-11-23)31(28,29)20-9-2-5-17-6-4-12-25-22(17)20/h2-9,12,15,21H,10-11,13-14,16H2,1H3. The molecule has 2 saturated heterocycles. The van der Waals surface area contributed by atoms with E-state index in [0.717, 1.165) is 11.1 Å². The predicted molar refractivity (Wildman–Crippen MR) is 117 cm³/mol. The first-order valence-corrected chi connectivity index (χ1v) is 11.8. The van der Waals surface area contributed by atoms with Crippen LogP contribution in [0, 0.1) is 5.82 Å². The molecule has 0 radical (unpaired) electrons. The van der Waals surface area contributed by atoms with E-state index in [1.807, 2.05) is 18.2 Å². The summed E-state index contributed by atoms with van der Waals surface area (Å²) in [6, 6.07) is 15.4. The van der Waals surface area contributed by atoms with Gasteiger partial charge in [0, 0.05) is 44.0 Å². The van der Waals surface area contributed by atoms with Crippen LogP contribution in [0.15, 0.2) is 65.7 Å². The van der Waals surface area contributed by atoms with Crippen molar-refractivity contribution in [1.82, 2.24) is 9.29 Å². The van der Waals surface area contributed by atoms with E-state index in [9.17, 15) is 12.8 Å². The van der Waals surface area contributed by atoms with E-state index in [0.29, 0.717) is 38.0 Å². The summed E-state index contributed by atoms with van der Waals surface area (Å²) in [6.45, 7) is 1.41. The Labute approximate surface area is 181 Å². The summed E-state index contributed by atoms with van der Waals surface area (Å²) in [5, 5.41) is 0.799. The maximum atomic E-state index is 13.8. The molecule has 1 spiro atoms. The highest BCUT2D eigenvalue weighted by Gasteiger charge is 2.56. The number of hydrogen-bond donors (Lipinski definition) is 0. The topological polar surface area (TPSA) is 62.7 Å². The third kappa shape index (κ3) is 3.21. The van der Waals surface area contributed by atoms with Crippen molar-refractivity contribution in [2.45, 2.75) is 29.4 Å². The number of ether oxygens (including phenoxy) is 1. The van der Waals surface area contributed by atoms with Gasteiger partial charge in [0.25, 0.3) is 0 Å². The Morgan fingerprint density at radius 3 is 2.58 bits per heavy atom.